The number of esters is 1. The first kappa shape index (κ1) is 27.0. The van der Waals surface area contributed by atoms with Gasteiger partial charge in [0.25, 0.3) is 0 Å². The highest BCUT2D eigenvalue weighted by Gasteiger charge is 2.15. The van der Waals surface area contributed by atoms with Gasteiger partial charge in [-0.3, -0.25) is 4.79 Å². The Labute approximate surface area is 211 Å². The van der Waals surface area contributed by atoms with E-state index < -0.39 is 5.97 Å². The summed E-state index contributed by atoms with van der Waals surface area (Å²) in [5, 5.41) is 6.32. The van der Waals surface area contributed by atoms with Crippen LogP contribution in [0.2, 0.25) is 0 Å². The van der Waals surface area contributed by atoms with E-state index in [2.05, 4.69) is 42.5 Å². The highest BCUT2D eigenvalue weighted by Crippen LogP contribution is 2.41. The quantitative estimate of drug-likeness (QED) is 0.284. The lowest BCUT2D eigenvalue weighted by Gasteiger charge is -2.18. The molecular weight excluding hydrogens is 556 g/mol. The average Bonchev–Trinajstić information content (AvgIpc) is 2.70. The van der Waals surface area contributed by atoms with Crippen LogP contribution >= 0.6 is 31.9 Å². The van der Waals surface area contributed by atoms with Crippen LogP contribution < -0.4 is 20.1 Å². The Morgan fingerprint density at radius 1 is 0.970 bits per heavy atom. The highest BCUT2D eigenvalue weighted by molar-refractivity contribution is 9.11. The molecule has 0 spiro atoms. The molecule has 0 fully saturated rings. The van der Waals surface area contributed by atoms with E-state index in [1.54, 1.807) is 25.1 Å². The van der Waals surface area contributed by atoms with Crippen molar-refractivity contribution in [1.82, 2.24) is 0 Å². The molecule has 0 aliphatic rings. The second-order valence-electron chi connectivity index (χ2n) is 8.06. The van der Waals surface area contributed by atoms with Crippen molar-refractivity contribution in [2.75, 3.05) is 23.8 Å². The summed E-state index contributed by atoms with van der Waals surface area (Å²) in [6.07, 6.45) is 0.448. The van der Waals surface area contributed by atoms with Crippen LogP contribution in [-0.4, -0.2) is 31.1 Å². The molecule has 0 aliphatic heterocycles. The number of anilines is 2. The van der Waals surface area contributed by atoms with Crippen molar-refractivity contribution < 1.29 is 23.8 Å². The summed E-state index contributed by atoms with van der Waals surface area (Å²) in [7, 11) is 0. The van der Waals surface area contributed by atoms with E-state index in [0.29, 0.717) is 44.9 Å². The normalized spacial score (nSPS) is 10.8. The van der Waals surface area contributed by atoms with Crippen molar-refractivity contribution >= 4 is 55.1 Å². The van der Waals surface area contributed by atoms with E-state index in [1.165, 1.54) is 0 Å². The molecule has 33 heavy (non-hydrogen) atoms. The van der Waals surface area contributed by atoms with Crippen molar-refractivity contribution in [2.45, 2.75) is 47.1 Å². The van der Waals surface area contributed by atoms with Crippen molar-refractivity contribution in [3.05, 3.63) is 39.3 Å². The maximum absolute atomic E-state index is 12.3. The molecule has 0 aromatic heterocycles. The van der Waals surface area contributed by atoms with Gasteiger partial charge in [0.15, 0.2) is 12.4 Å². The van der Waals surface area contributed by atoms with Crippen LogP contribution in [0.15, 0.2) is 39.3 Å². The van der Waals surface area contributed by atoms with Gasteiger partial charge < -0.3 is 24.8 Å². The molecule has 2 rings (SSSR count). The molecule has 0 heterocycles. The molecule has 9 heteroatoms. The number of halogens is 2. The smallest absolute Gasteiger partial charge is 0.344 e. The van der Waals surface area contributed by atoms with Crippen LogP contribution in [0.5, 0.6) is 17.2 Å². The number of rotatable bonds is 11. The van der Waals surface area contributed by atoms with Gasteiger partial charge in [-0.1, -0.05) is 13.8 Å². The van der Waals surface area contributed by atoms with E-state index in [9.17, 15) is 9.59 Å². The molecule has 0 atom stereocenters. The molecular formula is C24H30Br2N2O5. The van der Waals surface area contributed by atoms with Crippen LogP contribution in [0.3, 0.4) is 0 Å². The van der Waals surface area contributed by atoms with Gasteiger partial charge in [0, 0.05) is 18.5 Å². The van der Waals surface area contributed by atoms with E-state index >= 15 is 0 Å². The molecule has 180 valence electrons. The summed E-state index contributed by atoms with van der Waals surface area (Å²) in [5.41, 5.74) is 1.46. The number of amides is 1. The molecule has 7 nitrogen and oxygen atoms in total. The maximum Gasteiger partial charge on any atom is 0.344 e. The molecule has 1 amide bonds. The van der Waals surface area contributed by atoms with Gasteiger partial charge in [0.05, 0.1) is 26.9 Å². The highest BCUT2D eigenvalue weighted by atomic mass is 79.9. The van der Waals surface area contributed by atoms with Gasteiger partial charge in [-0.2, -0.15) is 0 Å². The van der Waals surface area contributed by atoms with E-state index in [1.807, 2.05) is 39.8 Å². The average molecular weight is 586 g/mol. The summed E-state index contributed by atoms with van der Waals surface area (Å²) in [4.78, 5) is 23.8. The lowest BCUT2D eigenvalue weighted by Crippen LogP contribution is -2.17. The molecule has 0 unspecified atom stereocenters. The first-order valence-electron chi connectivity index (χ1n) is 10.7. The maximum atomic E-state index is 12.3. The van der Waals surface area contributed by atoms with E-state index in [0.717, 1.165) is 5.69 Å². The third-order valence-corrected chi connectivity index (χ3v) is 5.33. The van der Waals surface area contributed by atoms with Gasteiger partial charge in [-0.25, -0.2) is 4.79 Å². The Balaban J connectivity index is 2.21. The van der Waals surface area contributed by atoms with Gasteiger partial charge in [0.1, 0.15) is 11.5 Å². The van der Waals surface area contributed by atoms with Gasteiger partial charge in [-0.15, -0.1) is 0 Å². The zero-order valence-electron chi connectivity index (χ0n) is 19.5. The molecule has 0 saturated carbocycles. The third kappa shape index (κ3) is 8.89. The Hall–Kier alpha value is -2.26. The molecule has 2 aromatic rings. The SMILES string of the molecule is CCOC(=O)COc1cc(Br)c(Oc2ccc(NC(=O)CC(C)C)c(NC(C)C)c2)c(Br)c1. The second kappa shape index (κ2) is 12.8. The third-order valence-electron chi connectivity index (χ3n) is 4.16. The number of carbonyl (C=O) groups is 2. The van der Waals surface area contributed by atoms with Crippen LogP contribution in [0.1, 0.15) is 41.0 Å². The minimum atomic E-state index is -0.434. The van der Waals surface area contributed by atoms with Crippen LogP contribution in [0.4, 0.5) is 11.4 Å². The summed E-state index contributed by atoms with van der Waals surface area (Å²) in [6, 6.07) is 9.04. The lowest BCUT2D eigenvalue weighted by molar-refractivity contribution is -0.145. The number of benzene rings is 2. The molecule has 0 radical (unpaired) electrons. The van der Waals surface area contributed by atoms with E-state index in [4.69, 9.17) is 14.2 Å². The van der Waals surface area contributed by atoms with Gasteiger partial charge in [0.2, 0.25) is 5.91 Å². The Morgan fingerprint density at radius 2 is 1.64 bits per heavy atom. The molecule has 2 N–H and O–H groups in total. The zero-order chi connectivity index (χ0) is 24.5. The summed E-state index contributed by atoms with van der Waals surface area (Å²) in [6.45, 7) is 9.92. The number of nitrogens with one attached hydrogen (secondary N) is 2. The summed E-state index contributed by atoms with van der Waals surface area (Å²) in [5.74, 6) is 1.42. The largest absolute Gasteiger partial charge is 0.482 e. The predicted octanol–water partition coefficient (Wildman–Crippen LogP) is 6.75. The standard InChI is InChI=1S/C24H30Br2N2O5/c1-6-31-23(30)13-32-17-10-18(25)24(19(26)11-17)33-16-7-8-20(21(12-16)27-15(4)5)28-22(29)9-14(2)3/h7-8,10-12,14-15,27H,6,9,13H2,1-5H3,(H,28,29). The first-order chi connectivity index (χ1) is 15.6. The molecule has 0 saturated heterocycles. The van der Waals surface area contributed by atoms with Crippen molar-refractivity contribution in [3.63, 3.8) is 0 Å². The first-order valence-corrected chi connectivity index (χ1v) is 12.3. The Morgan fingerprint density at radius 3 is 2.21 bits per heavy atom. The Bertz CT molecular complexity index is 956. The molecule has 2 aromatic carbocycles. The van der Waals surface area contributed by atoms with E-state index in [-0.39, 0.29) is 24.5 Å². The van der Waals surface area contributed by atoms with Gasteiger partial charge in [-0.05, 0) is 82.8 Å². The summed E-state index contributed by atoms with van der Waals surface area (Å²) >= 11 is 7.00. The number of hydrogen-bond acceptors (Lipinski definition) is 6. The van der Waals surface area contributed by atoms with Crippen molar-refractivity contribution in [3.8, 4) is 17.2 Å². The van der Waals surface area contributed by atoms with Crippen LogP contribution in [0, 0.1) is 5.92 Å². The van der Waals surface area contributed by atoms with Crippen LogP contribution in [-0.2, 0) is 14.3 Å². The fourth-order valence-corrected chi connectivity index (χ4v) is 4.18. The Kier molecular flexibility index (Phi) is 10.5. The molecule has 0 bridgehead atoms. The van der Waals surface area contributed by atoms with Gasteiger partial charge >= 0.3 is 5.97 Å². The zero-order valence-corrected chi connectivity index (χ0v) is 22.6. The minimum Gasteiger partial charge on any atom is -0.482 e. The van der Waals surface area contributed by atoms with Crippen molar-refractivity contribution in [1.29, 1.82) is 0 Å². The topological polar surface area (TPSA) is 85.9 Å². The number of ether oxygens (including phenoxy) is 3. The fourth-order valence-electron chi connectivity index (χ4n) is 2.88. The predicted molar refractivity (Wildman–Crippen MR) is 137 cm³/mol. The van der Waals surface area contributed by atoms with Crippen molar-refractivity contribution in [2.24, 2.45) is 5.92 Å². The monoisotopic (exact) mass is 584 g/mol. The second-order valence-corrected chi connectivity index (χ2v) is 9.77. The van der Waals surface area contributed by atoms with Crippen LogP contribution in [0.25, 0.3) is 0 Å². The molecule has 0 aliphatic carbocycles. The fraction of sp³-hybridized carbons (Fsp3) is 0.417. The number of hydrogen-bond donors (Lipinski definition) is 2. The summed E-state index contributed by atoms with van der Waals surface area (Å²) < 4.78 is 17.8. The minimum absolute atomic E-state index is 0.0330. The number of carbonyl (C=O) groups excluding carboxylic acids is 2. The lowest BCUT2D eigenvalue weighted by atomic mass is 10.1.